The molecule has 0 saturated heterocycles. The van der Waals surface area contributed by atoms with E-state index in [1.54, 1.807) is 31.2 Å². The molecule has 1 heterocycles. The quantitative estimate of drug-likeness (QED) is 0.153. The zero-order chi connectivity index (χ0) is 24.8. The number of hydrazone groups is 1. The molecule has 1 aromatic heterocycles. The average Bonchev–Trinajstić information content (AvgIpc) is 3.31. The van der Waals surface area contributed by atoms with E-state index >= 15 is 0 Å². The van der Waals surface area contributed by atoms with Crippen LogP contribution in [0.2, 0.25) is 5.02 Å². The van der Waals surface area contributed by atoms with Crippen molar-refractivity contribution in [2.75, 3.05) is 5.75 Å². The van der Waals surface area contributed by atoms with Crippen molar-refractivity contribution >= 4 is 40.7 Å². The van der Waals surface area contributed by atoms with Crippen LogP contribution >= 0.6 is 23.4 Å². The van der Waals surface area contributed by atoms with E-state index in [2.05, 4.69) is 20.7 Å². The SMILES string of the molecule is C/C(=N/NC(=O)CSc1nnc(-c2ccccc2)n1-c1ccc(Cl)cc1)c1cccc([N+](=O)[O-])c1. The Morgan fingerprint density at radius 3 is 2.54 bits per heavy atom. The molecule has 11 heteroatoms. The third-order valence-corrected chi connectivity index (χ3v) is 6.09. The fraction of sp³-hybridized carbons (Fsp3) is 0.0833. The second kappa shape index (κ2) is 10.9. The van der Waals surface area contributed by atoms with Gasteiger partial charge >= 0.3 is 0 Å². The van der Waals surface area contributed by atoms with Crippen LogP contribution < -0.4 is 5.43 Å². The molecule has 4 rings (SSSR count). The first kappa shape index (κ1) is 24.1. The lowest BCUT2D eigenvalue weighted by atomic mass is 10.1. The molecular formula is C24H19ClN6O3S. The van der Waals surface area contributed by atoms with Gasteiger partial charge in [0.25, 0.3) is 11.6 Å². The number of nitrogens with one attached hydrogen (secondary N) is 1. The normalized spacial score (nSPS) is 11.3. The number of rotatable bonds is 8. The average molecular weight is 507 g/mol. The highest BCUT2D eigenvalue weighted by Gasteiger charge is 2.17. The number of hydrogen-bond donors (Lipinski definition) is 1. The number of nitrogens with zero attached hydrogens (tertiary/aromatic N) is 5. The van der Waals surface area contributed by atoms with E-state index in [0.29, 0.717) is 27.3 Å². The number of aromatic nitrogens is 3. The summed E-state index contributed by atoms with van der Waals surface area (Å²) in [4.78, 5) is 23.0. The van der Waals surface area contributed by atoms with Gasteiger partial charge in [0.1, 0.15) is 0 Å². The standard InChI is InChI=1S/C24H19ClN6O3S/c1-16(18-8-5-9-21(14-18)31(33)34)26-27-22(32)15-35-24-29-28-23(17-6-3-2-4-7-17)30(24)20-12-10-19(25)11-13-20/h2-14H,15H2,1H3,(H,27,32)/b26-16-. The van der Waals surface area contributed by atoms with E-state index in [4.69, 9.17) is 11.6 Å². The van der Waals surface area contributed by atoms with E-state index in [9.17, 15) is 14.9 Å². The molecule has 0 spiro atoms. The summed E-state index contributed by atoms with van der Waals surface area (Å²) in [6.45, 7) is 1.66. The second-order valence-electron chi connectivity index (χ2n) is 7.31. The van der Waals surface area contributed by atoms with Gasteiger partial charge < -0.3 is 0 Å². The van der Waals surface area contributed by atoms with Crippen LogP contribution in [0, 0.1) is 10.1 Å². The molecule has 0 aliphatic rings. The smallest absolute Gasteiger partial charge is 0.270 e. The van der Waals surface area contributed by atoms with Crippen molar-refractivity contribution in [1.29, 1.82) is 0 Å². The molecule has 0 atom stereocenters. The lowest BCUT2D eigenvalue weighted by Gasteiger charge is -2.10. The zero-order valence-electron chi connectivity index (χ0n) is 18.5. The Balaban J connectivity index is 1.50. The first-order valence-corrected chi connectivity index (χ1v) is 11.8. The highest BCUT2D eigenvalue weighted by Crippen LogP contribution is 2.28. The van der Waals surface area contributed by atoms with Crippen molar-refractivity contribution in [3.05, 3.63) is 99.6 Å². The number of benzene rings is 3. The zero-order valence-corrected chi connectivity index (χ0v) is 20.0. The Morgan fingerprint density at radius 1 is 1.09 bits per heavy atom. The van der Waals surface area contributed by atoms with Crippen molar-refractivity contribution in [3.8, 4) is 17.1 Å². The fourth-order valence-corrected chi connectivity index (χ4v) is 4.05. The molecule has 4 aromatic rings. The summed E-state index contributed by atoms with van der Waals surface area (Å²) in [5.41, 5.74) is 5.12. The number of non-ortho nitro benzene ring substituents is 1. The number of hydrogen-bond acceptors (Lipinski definition) is 7. The van der Waals surface area contributed by atoms with E-state index in [1.165, 1.54) is 23.9 Å². The lowest BCUT2D eigenvalue weighted by Crippen LogP contribution is -2.21. The maximum atomic E-state index is 12.5. The number of carbonyl (C=O) groups excluding carboxylic acids is 1. The summed E-state index contributed by atoms with van der Waals surface area (Å²) >= 11 is 7.27. The molecule has 176 valence electrons. The minimum atomic E-state index is -0.480. The van der Waals surface area contributed by atoms with Gasteiger partial charge in [-0.05, 0) is 31.2 Å². The van der Waals surface area contributed by atoms with Gasteiger partial charge in [-0.2, -0.15) is 5.10 Å². The summed E-state index contributed by atoms with van der Waals surface area (Å²) < 4.78 is 1.86. The summed E-state index contributed by atoms with van der Waals surface area (Å²) in [6, 6.07) is 22.9. The molecule has 0 fully saturated rings. The summed E-state index contributed by atoms with van der Waals surface area (Å²) in [7, 11) is 0. The molecular weight excluding hydrogens is 488 g/mol. The summed E-state index contributed by atoms with van der Waals surface area (Å²) in [6.07, 6.45) is 0. The number of nitro groups is 1. The topological polar surface area (TPSA) is 115 Å². The van der Waals surface area contributed by atoms with Crippen molar-refractivity contribution in [1.82, 2.24) is 20.2 Å². The Hall–Kier alpha value is -4.02. The predicted octanol–water partition coefficient (Wildman–Crippen LogP) is 5.13. The highest BCUT2D eigenvalue weighted by atomic mass is 35.5. The van der Waals surface area contributed by atoms with E-state index in [1.807, 2.05) is 47.0 Å². The van der Waals surface area contributed by atoms with E-state index in [-0.39, 0.29) is 17.3 Å². The molecule has 0 unspecified atom stereocenters. The van der Waals surface area contributed by atoms with Crippen LogP contribution in [0.5, 0.6) is 0 Å². The van der Waals surface area contributed by atoms with Gasteiger partial charge in [0.2, 0.25) is 0 Å². The number of carbonyl (C=O) groups is 1. The number of halogens is 1. The Kier molecular flexibility index (Phi) is 7.54. The molecule has 0 bridgehead atoms. The van der Waals surface area contributed by atoms with Crippen molar-refractivity contribution < 1.29 is 9.72 Å². The van der Waals surface area contributed by atoms with Gasteiger partial charge in [-0.25, -0.2) is 5.43 Å². The van der Waals surface area contributed by atoms with Crippen LogP contribution in [0.25, 0.3) is 17.1 Å². The maximum absolute atomic E-state index is 12.5. The third kappa shape index (κ3) is 5.92. The van der Waals surface area contributed by atoms with Gasteiger partial charge in [0, 0.05) is 34.0 Å². The number of amides is 1. The van der Waals surface area contributed by atoms with Crippen molar-refractivity contribution in [2.24, 2.45) is 5.10 Å². The Morgan fingerprint density at radius 2 is 1.83 bits per heavy atom. The molecule has 0 radical (unpaired) electrons. The Labute approximate surface area is 210 Å². The second-order valence-corrected chi connectivity index (χ2v) is 8.69. The summed E-state index contributed by atoms with van der Waals surface area (Å²) in [5.74, 6) is 0.314. The lowest BCUT2D eigenvalue weighted by molar-refractivity contribution is -0.384. The first-order valence-electron chi connectivity index (χ1n) is 10.4. The number of thioether (sulfide) groups is 1. The van der Waals surface area contributed by atoms with Gasteiger partial charge in [0.15, 0.2) is 11.0 Å². The number of nitro benzene ring substituents is 1. The first-order chi connectivity index (χ1) is 16.9. The third-order valence-electron chi connectivity index (χ3n) is 4.91. The molecule has 0 aliphatic heterocycles. The van der Waals surface area contributed by atoms with Crippen molar-refractivity contribution in [2.45, 2.75) is 12.1 Å². The van der Waals surface area contributed by atoms with Gasteiger partial charge in [-0.3, -0.25) is 19.5 Å². The van der Waals surface area contributed by atoms with Crippen LogP contribution in [0.1, 0.15) is 12.5 Å². The minimum absolute atomic E-state index is 0.0340. The fourth-order valence-electron chi connectivity index (χ4n) is 3.18. The van der Waals surface area contributed by atoms with Gasteiger partial charge in [0.05, 0.1) is 16.4 Å². The molecule has 0 saturated carbocycles. The van der Waals surface area contributed by atoms with Crippen LogP contribution in [0.15, 0.2) is 89.1 Å². The molecule has 9 nitrogen and oxygen atoms in total. The molecule has 1 amide bonds. The largest absolute Gasteiger partial charge is 0.272 e. The van der Waals surface area contributed by atoms with Gasteiger partial charge in [-0.15, -0.1) is 10.2 Å². The molecule has 1 N–H and O–H groups in total. The highest BCUT2D eigenvalue weighted by molar-refractivity contribution is 7.99. The monoisotopic (exact) mass is 506 g/mol. The molecule has 35 heavy (non-hydrogen) atoms. The van der Waals surface area contributed by atoms with E-state index < -0.39 is 4.92 Å². The Bertz CT molecular complexity index is 1390. The van der Waals surface area contributed by atoms with Gasteiger partial charge in [-0.1, -0.05) is 65.8 Å². The molecule has 3 aromatic carbocycles. The summed E-state index contributed by atoms with van der Waals surface area (Å²) in [5, 5.41) is 24.8. The molecule has 0 aliphatic carbocycles. The minimum Gasteiger partial charge on any atom is -0.272 e. The van der Waals surface area contributed by atoms with Crippen molar-refractivity contribution in [3.63, 3.8) is 0 Å². The van der Waals surface area contributed by atoms with Crippen LogP contribution in [0.4, 0.5) is 5.69 Å². The van der Waals surface area contributed by atoms with Crippen LogP contribution in [-0.4, -0.2) is 37.1 Å². The maximum Gasteiger partial charge on any atom is 0.270 e. The van der Waals surface area contributed by atoms with Crippen LogP contribution in [0.3, 0.4) is 0 Å². The predicted molar refractivity (Wildman–Crippen MR) is 136 cm³/mol. The van der Waals surface area contributed by atoms with Crippen LogP contribution in [-0.2, 0) is 4.79 Å². The van der Waals surface area contributed by atoms with E-state index in [0.717, 1.165) is 11.3 Å².